The zero-order valence-electron chi connectivity index (χ0n) is 12.5. The number of hydrogen-bond donors (Lipinski definition) is 0. The molecule has 0 unspecified atom stereocenters. The smallest absolute Gasteiger partial charge is 0.0992 e. The van der Waals surface area contributed by atoms with Crippen LogP contribution >= 0.6 is 23.4 Å². The Hall–Kier alpha value is -1.43. The molecule has 3 heteroatoms. The van der Waals surface area contributed by atoms with E-state index in [0.29, 0.717) is 10.6 Å². The molecule has 0 aliphatic heterocycles. The SMILES string of the molecule is CC(C)(C)c1ccc(SCc2ccc(C#N)cc2Cl)cc1. The van der Waals surface area contributed by atoms with Crippen LogP contribution < -0.4 is 0 Å². The monoisotopic (exact) mass is 315 g/mol. The van der Waals surface area contributed by atoms with Gasteiger partial charge in [0.2, 0.25) is 0 Å². The molecule has 0 aliphatic carbocycles. The number of nitrogens with zero attached hydrogens (tertiary/aromatic N) is 1. The maximum atomic E-state index is 8.84. The topological polar surface area (TPSA) is 23.8 Å². The van der Waals surface area contributed by atoms with E-state index in [2.05, 4.69) is 51.1 Å². The van der Waals surface area contributed by atoms with E-state index >= 15 is 0 Å². The van der Waals surface area contributed by atoms with Crippen molar-refractivity contribution < 1.29 is 0 Å². The Labute approximate surface area is 135 Å². The fourth-order valence-corrected chi connectivity index (χ4v) is 3.18. The van der Waals surface area contributed by atoms with E-state index in [9.17, 15) is 0 Å². The van der Waals surface area contributed by atoms with Crippen molar-refractivity contribution in [3.05, 3.63) is 64.2 Å². The van der Waals surface area contributed by atoms with E-state index in [-0.39, 0.29) is 5.41 Å². The van der Waals surface area contributed by atoms with Crippen molar-refractivity contribution in [2.75, 3.05) is 0 Å². The predicted molar refractivity (Wildman–Crippen MR) is 90.9 cm³/mol. The van der Waals surface area contributed by atoms with Gasteiger partial charge in [0.05, 0.1) is 11.6 Å². The first kappa shape index (κ1) is 15.9. The molecule has 0 radical (unpaired) electrons. The van der Waals surface area contributed by atoms with Gasteiger partial charge in [-0.2, -0.15) is 5.26 Å². The van der Waals surface area contributed by atoms with Gasteiger partial charge < -0.3 is 0 Å². The van der Waals surface area contributed by atoms with Gasteiger partial charge in [-0.3, -0.25) is 0 Å². The van der Waals surface area contributed by atoms with Gasteiger partial charge in [-0.15, -0.1) is 11.8 Å². The van der Waals surface area contributed by atoms with E-state index in [0.717, 1.165) is 11.3 Å². The molecule has 0 aromatic heterocycles. The Bertz CT molecular complexity index is 663. The highest BCUT2D eigenvalue weighted by Gasteiger charge is 2.12. The fourth-order valence-electron chi connectivity index (χ4n) is 1.95. The normalized spacial score (nSPS) is 11.2. The van der Waals surface area contributed by atoms with Crippen LogP contribution in [0.1, 0.15) is 37.5 Å². The molecule has 0 amide bonds. The molecule has 0 N–H and O–H groups in total. The lowest BCUT2D eigenvalue weighted by atomic mass is 9.87. The number of hydrogen-bond acceptors (Lipinski definition) is 2. The van der Waals surface area contributed by atoms with Gasteiger partial charge in [0.25, 0.3) is 0 Å². The van der Waals surface area contributed by atoms with Crippen LogP contribution in [0.15, 0.2) is 47.4 Å². The minimum absolute atomic E-state index is 0.180. The van der Waals surface area contributed by atoms with Crippen LogP contribution in [-0.4, -0.2) is 0 Å². The molecule has 0 saturated heterocycles. The second-order valence-corrected chi connectivity index (χ2v) is 7.44. The van der Waals surface area contributed by atoms with Crippen LogP contribution in [0.25, 0.3) is 0 Å². The summed E-state index contributed by atoms with van der Waals surface area (Å²) in [5.41, 5.74) is 3.17. The first-order valence-corrected chi connectivity index (χ1v) is 8.18. The van der Waals surface area contributed by atoms with Gasteiger partial charge in [0, 0.05) is 15.7 Å². The summed E-state index contributed by atoms with van der Waals surface area (Å²) in [5, 5.41) is 9.50. The van der Waals surface area contributed by atoms with E-state index in [4.69, 9.17) is 16.9 Å². The summed E-state index contributed by atoms with van der Waals surface area (Å²) in [6.45, 7) is 6.64. The van der Waals surface area contributed by atoms with Crippen LogP contribution in [0.2, 0.25) is 5.02 Å². The number of thioether (sulfide) groups is 1. The van der Waals surface area contributed by atoms with Crippen molar-refractivity contribution >= 4 is 23.4 Å². The molecule has 0 atom stereocenters. The van der Waals surface area contributed by atoms with Crippen molar-refractivity contribution in [3.8, 4) is 6.07 Å². The summed E-state index contributed by atoms with van der Waals surface area (Å²) in [4.78, 5) is 1.23. The third-order valence-corrected chi connectivity index (χ3v) is 4.71. The molecule has 2 aromatic carbocycles. The second kappa shape index (κ2) is 6.56. The lowest BCUT2D eigenvalue weighted by Gasteiger charge is -2.19. The predicted octanol–water partition coefficient (Wildman–Crippen LogP) is 5.80. The molecule has 0 bridgehead atoms. The molecule has 0 saturated carbocycles. The van der Waals surface area contributed by atoms with Crippen molar-refractivity contribution in [2.24, 2.45) is 0 Å². The zero-order chi connectivity index (χ0) is 15.5. The van der Waals surface area contributed by atoms with Crippen LogP contribution in [0.4, 0.5) is 0 Å². The van der Waals surface area contributed by atoms with E-state index < -0.39 is 0 Å². The van der Waals surface area contributed by atoms with E-state index in [1.165, 1.54) is 10.5 Å². The number of rotatable bonds is 3. The lowest BCUT2D eigenvalue weighted by molar-refractivity contribution is 0.590. The summed E-state index contributed by atoms with van der Waals surface area (Å²) >= 11 is 7.95. The second-order valence-electron chi connectivity index (χ2n) is 5.98. The van der Waals surface area contributed by atoms with Crippen LogP contribution in [0, 0.1) is 11.3 Å². The minimum Gasteiger partial charge on any atom is -0.192 e. The molecular formula is C18H18ClNS. The van der Waals surface area contributed by atoms with Crippen LogP contribution in [0.3, 0.4) is 0 Å². The lowest BCUT2D eigenvalue weighted by Crippen LogP contribution is -2.10. The molecule has 108 valence electrons. The average Bonchev–Trinajstić information content (AvgIpc) is 2.45. The molecule has 2 aromatic rings. The Morgan fingerprint density at radius 1 is 1.10 bits per heavy atom. The first-order valence-electron chi connectivity index (χ1n) is 6.82. The van der Waals surface area contributed by atoms with Gasteiger partial charge in [0.1, 0.15) is 0 Å². The van der Waals surface area contributed by atoms with Crippen molar-refractivity contribution in [1.29, 1.82) is 5.26 Å². The molecule has 0 heterocycles. The highest BCUT2D eigenvalue weighted by Crippen LogP contribution is 2.29. The molecular weight excluding hydrogens is 298 g/mol. The Balaban J connectivity index is 2.05. The molecule has 0 spiro atoms. The maximum Gasteiger partial charge on any atom is 0.0992 e. The molecule has 21 heavy (non-hydrogen) atoms. The number of halogens is 1. The maximum absolute atomic E-state index is 8.84. The van der Waals surface area contributed by atoms with Gasteiger partial charge in [-0.05, 0) is 40.8 Å². The molecule has 1 nitrogen and oxygen atoms in total. The summed E-state index contributed by atoms with van der Waals surface area (Å²) in [5.74, 6) is 0.805. The van der Waals surface area contributed by atoms with Crippen molar-refractivity contribution in [2.45, 2.75) is 36.8 Å². The third-order valence-electron chi connectivity index (χ3n) is 3.30. The van der Waals surface area contributed by atoms with Gasteiger partial charge >= 0.3 is 0 Å². The van der Waals surface area contributed by atoms with Gasteiger partial charge in [-0.1, -0.05) is 50.6 Å². The van der Waals surface area contributed by atoms with Crippen LogP contribution in [0.5, 0.6) is 0 Å². The highest BCUT2D eigenvalue weighted by molar-refractivity contribution is 7.98. The molecule has 0 fully saturated rings. The molecule has 0 aliphatic rings. The van der Waals surface area contributed by atoms with E-state index in [1.807, 2.05) is 12.1 Å². The highest BCUT2D eigenvalue weighted by atomic mass is 35.5. The standard InChI is InChI=1S/C18H18ClNS/c1-18(2,3)15-6-8-16(9-7-15)21-12-14-5-4-13(11-20)10-17(14)19/h4-10H,12H2,1-3H3. The number of benzene rings is 2. The largest absolute Gasteiger partial charge is 0.192 e. The van der Waals surface area contributed by atoms with Crippen molar-refractivity contribution in [3.63, 3.8) is 0 Å². The van der Waals surface area contributed by atoms with Gasteiger partial charge in [0.15, 0.2) is 0 Å². The summed E-state index contributed by atoms with van der Waals surface area (Å²) < 4.78 is 0. The fraction of sp³-hybridized carbons (Fsp3) is 0.278. The van der Waals surface area contributed by atoms with E-state index in [1.54, 1.807) is 17.8 Å². The van der Waals surface area contributed by atoms with Gasteiger partial charge in [-0.25, -0.2) is 0 Å². The quantitative estimate of drug-likeness (QED) is 0.668. The zero-order valence-corrected chi connectivity index (χ0v) is 14.1. The average molecular weight is 316 g/mol. The third kappa shape index (κ3) is 4.27. The van der Waals surface area contributed by atoms with Crippen LogP contribution in [-0.2, 0) is 11.2 Å². The summed E-state index contributed by atoms with van der Waals surface area (Å²) in [6, 6.07) is 16.2. The van der Waals surface area contributed by atoms with Crippen molar-refractivity contribution in [1.82, 2.24) is 0 Å². The number of nitriles is 1. The Morgan fingerprint density at radius 2 is 1.76 bits per heavy atom. The first-order chi connectivity index (χ1) is 9.90. The summed E-state index contributed by atoms with van der Waals surface area (Å²) in [6.07, 6.45) is 0. The Kier molecular flexibility index (Phi) is 4.98. The Morgan fingerprint density at radius 3 is 2.29 bits per heavy atom. The minimum atomic E-state index is 0.180. The summed E-state index contributed by atoms with van der Waals surface area (Å²) in [7, 11) is 0. The molecule has 2 rings (SSSR count).